The third-order valence-electron chi connectivity index (χ3n) is 6.41. The van der Waals surface area contributed by atoms with Crippen LogP contribution in [0.2, 0.25) is 0 Å². The van der Waals surface area contributed by atoms with Gasteiger partial charge in [0.05, 0.1) is 16.7 Å². The highest BCUT2D eigenvalue weighted by atomic mass is 32.1. The molecule has 3 aliphatic heterocycles. The van der Waals surface area contributed by atoms with Crippen molar-refractivity contribution in [3.8, 4) is 0 Å². The van der Waals surface area contributed by atoms with Crippen LogP contribution in [0, 0.1) is 5.41 Å². The van der Waals surface area contributed by atoms with E-state index in [2.05, 4.69) is 4.90 Å². The number of carbonyl (C=O) groups excluding carboxylic acids is 3. The Labute approximate surface area is 169 Å². The molecule has 0 N–H and O–H groups in total. The van der Waals surface area contributed by atoms with E-state index in [1.54, 1.807) is 6.92 Å². The molecular weight excluding hydrogens is 376 g/mol. The van der Waals surface area contributed by atoms with Crippen LogP contribution < -0.4 is 0 Å². The summed E-state index contributed by atoms with van der Waals surface area (Å²) in [7, 11) is 0. The number of amides is 1. The van der Waals surface area contributed by atoms with Gasteiger partial charge in [0.25, 0.3) is 0 Å². The molecule has 152 valence electrons. The summed E-state index contributed by atoms with van der Waals surface area (Å²) in [6.45, 7) is 5.82. The first-order chi connectivity index (χ1) is 13.4. The molecule has 1 atom stereocenters. The molecule has 1 spiro atoms. The van der Waals surface area contributed by atoms with Gasteiger partial charge in [0.15, 0.2) is 5.78 Å². The molecule has 0 aliphatic carbocycles. The number of cyclic esters (lactones) is 1. The molecule has 3 fully saturated rings. The Bertz CT molecular complexity index is 760. The molecule has 3 saturated heterocycles. The number of carbonyl (C=O) groups is 3. The lowest BCUT2D eigenvalue weighted by Gasteiger charge is -2.36. The van der Waals surface area contributed by atoms with E-state index >= 15 is 0 Å². The first-order valence-electron chi connectivity index (χ1n) is 10.2. The van der Waals surface area contributed by atoms with Gasteiger partial charge in [-0.15, -0.1) is 11.3 Å². The van der Waals surface area contributed by atoms with Crippen molar-refractivity contribution in [3.05, 3.63) is 21.9 Å². The number of piperidine rings is 1. The van der Waals surface area contributed by atoms with Crippen LogP contribution in [-0.2, 0) is 20.7 Å². The summed E-state index contributed by atoms with van der Waals surface area (Å²) < 4.78 is 5.72. The molecule has 4 rings (SSSR count). The minimum atomic E-state index is -0.397. The number of thiophene rings is 1. The van der Waals surface area contributed by atoms with Crippen molar-refractivity contribution >= 4 is 29.0 Å². The number of likely N-dealkylation sites (tertiary alicyclic amines) is 2. The number of rotatable bonds is 5. The molecule has 1 unspecified atom stereocenters. The molecule has 3 aliphatic rings. The number of nitrogens with zero attached hydrogens (tertiary/aromatic N) is 2. The molecule has 1 aromatic heterocycles. The van der Waals surface area contributed by atoms with Gasteiger partial charge >= 0.3 is 5.97 Å². The molecule has 28 heavy (non-hydrogen) atoms. The zero-order valence-electron chi connectivity index (χ0n) is 16.4. The highest BCUT2D eigenvalue weighted by Crippen LogP contribution is 2.43. The Morgan fingerprint density at radius 3 is 2.57 bits per heavy atom. The fraction of sp³-hybridized carbons (Fsp3) is 0.667. The number of ketones is 1. The van der Waals surface area contributed by atoms with Crippen LogP contribution in [0.1, 0.15) is 54.3 Å². The van der Waals surface area contributed by atoms with Crippen molar-refractivity contribution in [2.24, 2.45) is 5.41 Å². The summed E-state index contributed by atoms with van der Waals surface area (Å²) in [5, 5.41) is 1.89. The standard InChI is InChI=1S/C21H28N2O4S/c1-15(24)18-10-16(14-28-18)11-19(25)23-8-4-21(5-9-23)12-17(27-20(21)26)13-22-6-2-3-7-22/h10,14,17H,2-9,11-13H2,1H3. The summed E-state index contributed by atoms with van der Waals surface area (Å²) >= 11 is 1.39. The van der Waals surface area contributed by atoms with Crippen molar-refractivity contribution in [3.63, 3.8) is 0 Å². The highest BCUT2D eigenvalue weighted by molar-refractivity contribution is 7.12. The Morgan fingerprint density at radius 2 is 1.93 bits per heavy atom. The van der Waals surface area contributed by atoms with E-state index in [0.717, 1.165) is 31.6 Å². The predicted octanol–water partition coefficient (Wildman–Crippen LogP) is 2.51. The monoisotopic (exact) mass is 404 g/mol. The maximum Gasteiger partial charge on any atom is 0.312 e. The Morgan fingerprint density at radius 1 is 1.21 bits per heavy atom. The molecule has 0 radical (unpaired) electrons. The van der Waals surface area contributed by atoms with Gasteiger partial charge in [-0.25, -0.2) is 0 Å². The van der Waals surface area contributed by atoms with Gasteiger partial charge in [0, 0.05) is 26.1 Å². The molecular formula is C21H28N2O4S. The summed E-state index contributed by atoms with van der Waals surface area (Å²) in [6.07, 6.45) is 4.97. The first-order valence-corrected chi connectivity index (χ1v) is 11.1. The van der Waals surface area contributed by atoms with Gasteiger partial charge in [-0.05, 0) is 62.7 Å². The molecule has 1 amide bonds. The van der Waals surface area contributed by atoms with Gasteiger partial charge in [0.2, 0.25) is 5.91 Å². The van der Waals surface area contributed by atoms with E-state index in [-0.39, 0.29) is 23.8 Å². The summed E-state index contributed by atoms with van der Waals surface area (Å²) in [4.78, 5) is 41.6. The number of esters is 1. The van der Waals surface area contributed by atoms with Crippen molar-refractivity contribution in [2.75, 3.05) is 32.7 Å². The summed E-state index contributed by atoms with van der Waals surface area (Å²) in [5.41, 5.74) is 0.497. The van der Waals surface area contributed by atoms with Gasteiger partial charge in [-0.2, -0.15) is 0 Å². The maximum atomic E-state index is 12.6. The molecule has 0 saturated carbocycles. The minimum absolute atomic E-state index is 0.00339. The fourth-order valence-corrected chi connectivity index (χ4v) is 5.54. The topological polar surface area (TPSA) is 66.9 Å². The second-order valence-electron chi connectivity index (χ2n) is 8.45. The average Bonchev–Trinajstić information content (AvgIpc) is 3.39. The van der Waals surface area contributed by atoms with Crippen LogP contribution in [-0.4, -0.2) is 66.3 Å². The highest BCUT2D eigenvalue weighted by Gasteiger charge is 2.51. The normalized spacial score (nSPS) is 24.7. The van der Waals surface area contributed by atoms with E-state index in [4.69, 9.17) is 4.74 Å². The van der Waals surface area contributed by atoms with Crippen LogP contribution in [0.4, 0.5) is 0 Å². The second-order valence-corrected chi connectivity index (χ2v) is 9.36. The lowest BCUT2D eigenvalue weighted by molar-refractivity contribution is -0.152. The van der Waals surface area contributed by atoms with E-state index < -0.39 is 5.41 Å². The summed E-state index contributed by atoms with van der Waals surface area (Å²) in [5.74, 6) is 0.0438. The van der Waals surface area contributed by atoms with E-state index in [1.165, 1.54) is 24.2 Å². The lowest BCUT2D eigenvalue weighted by Crippen LogP contribution is -2.45. The molecule has 6 nitrogen and oxygen atoms in total. The SMILES string of the molecule is CC(=O)c1cc(CC(=O)N2CCC3(CC2)CC(CN2CCCC2)OC3=O)cs1. The van der Waals surface area contributed by atoms with Gasteiger partial charge < -0.3 is 9.64 Å². The molecule has 0 bridgehead atoms. The van der Waals surface area contributed by atoms with Gasteiger partial charge in [0.1, 0.15) is 6.10 Å². The van der Waals surface area contributed by atoms with Crippen LogP contribution in [0.25, 0.3) is 0 Å². The largest absolute Gasteiger partial charge is 0.461 e. The zero-order valence-corrected chi connectivity index (χ0v) is 17.3. The summed E-state index contributed by atoms with van der Waals surface area (Å²) in [6, 6.07) is 1.81. The number of Topliss-reactive ketones (excluding diaryl/α,β-unsaturated/α-hetero) is 1. The third kappa shape index (κ3) is 4.01. The van der Waals surface area contributed by atoms with Crippen LogP contribution in [0.3, 0.4) is 0 Å². The van der Waals surface area contributed by atoms with Crippen LogP contribution in [0.5, 0.6) is 0 Å². The lowest BCUT2D eigenvalue weighted by atomic mass is 9.76. The maximum absolute atomic E-state index is 12.6. The van der Waals surface area contributed by atoms with E-state index in [0.29, 0.717) is 37.2 Å². The van der Waals surface area contributed by atoms with E-state index in [1.807, 2.05) is 16.3 Å². The Kier molecular flexibility index (Phi) is 5.56. The van der Waals surface area contributed by atoms with Crippen LogP contribution >= 0.6 is 11.3 Å². The average molecular weight is 405 g/mol. The second kappa shape index (κ2) is 7.95. The van der Waals surface area contributed by atoms with Crippen molar-refractivity contribution < 1.29 is 19.1 Å². The minimum Gasteiger partial charge on any atom is -0.461 e. The van der Waals surface area contributed by atoms with Crippen LogP contribution in [0.15, 0.2) is 11.4 Å². The number of ether oxygens (including phenoxy) is 1. The Hall–Kier alpha value is -1.73. The molecule has 0 aromatic carbocycles. The molecule has 4 heterocycles. The molecule has 7 heteroatoms. The smallest absolute Gasteiger partial charge is 0.312 e. The molecule has 1 aromatic rings. The van der Waals surface area contributed by atoms with Crippen molar-refractivity contribution in [1.29, 1.82) is 0 Å². The third-order valence-corrected chi connectivity index (χ3v) is 7.49. The quantitative estimate of drug-likeness (QED) is 0.557. The van der Waals surface area contributed by atoms with Crippen molar-refractivity contribution in [2.45, 2.75) is 51.6 Å². The van der Waals surface area contributed by atoms with Gasteiger partial charge in [-0.3, -0.25) is 19.3 Å². The van der Waals surface area contributed by atoms with Crippen molar-refractivity contribution in [1.82, 2.24) is 9.80 Å². The number of hydrogen-bond acceptors (Lipinski definition) is 6. The first kappa shape index (κ1) is 19.6. The van der Waals surface area contributed by atoms with E-state index in [9.17, 15) is 14.4 Å². The Balaban J connectivity index is 1.30. The fourth-order valence-electron chi connectivity index (χ4n) is 4.72. The zero-order chi connectivity index (χ0) is 19.7. The predicted molar refractivity (Wildman–Crippen MR) is 106 cm³/mol. The van der Waals surface area contributed by atoms with Gasteiger partial charge in [-0.1, -0.05) is 0 Å². The number of hydrogen-bond donors (Lipinski definition) is 0.